The van der Waals surface area contributed by atoms with Gasteiger partial charge in [-0.3, -0.25) is 9.69 Å². The van der Waals surface area contributed by atoms with Crippen molar-refractivity contribution >= 4 is 26.9 Å². The minimum atomic E-state index is -0.920. The number of phenolic OH excluding ortho intramolecular Hbond substituents is 4. The van der Waals surface area contributed by atoms with Gasteiger partial charge in [0, 0.05) is 29.2 Å². The summed E-state index contributed by atoms with van der Waals surface area (Å²) in [5.41, 5.74) is 2.25. The molecule has 0 saturated carbocycles. The number of phenols is 4. The van der Waals surface area contributed by atoms with E-state index < -0.39 is 28.4 Å². The van der Waals surface area contributed by atoms with Gasteiger partial charge in [0.15, 0.2) is 34.3 Å². The number of hydrogen-bond acceptors (Lipinski definition) is 10. The van der Waals surface area contributed by atoms with Gasteiger partial charge in [-0.15, -0.1) is 0 Å². The van der Waals surface area contributed by atoms with E-state index >= 15 is 0 Å². The molecule has 11 heteroatoms. The highest BCUT2D eigenvalue weighted by atomic mass is 79.9. The fraction of sp³-hybridized carbons (Fsp3) is 0.182. The van der Waals surface area contributed by atoms with Crippen molar-refractivity contribution in [3.8, 4) is 51.6 Å². The summed E-state index contributed by atoms with van der Waals surface area (Å²) in [7, 11) is 3.16. The van der Waals surface area contributed by atoms with Crippen molar-refractivity contribution in [2.24, 2.45) is 0 Å². The van der Waals surface area contributed by atoms with Gasteiger partial charge in [0.1, 0.15) is 16.9 Å². The second-order valence-corrected chi connectivity index (χ2v) is 11.4. The van der Waals surface area contributed by atoms with Crippen molar-refractivity contribution in [3.63, 3.8) is 0 Å². The molecule has 1 atom stereocenters. The van der Waals surface area contributed by atoms with Gasteiger partial charge in [-0.2, -0.15) is 0 Å². The van der Waals surface area contributed by atoms with Gasteiger partial charge in [0.25, 0.3) is 0 Å². The molecule has 0 spiro atoms. The molecule has 1 aliphatic rings. The Bertz CT molecular complexity index is 1990. The average molecular weight is 662 g/mol. The van der Waals surface area contributed by atoms with E-state index in [9.17, 15) is 30.3 Å². The number of fused-ring (bicyclic) bond motifs is 2. The Labute approximate surface area is 259 Å². The molecule has 1 aliphatic heterocycles. The Morgan fingerprint density at radius 3 is 2.34 bits per heavy atom. The first-order chi connectivity index (χ1) is 21.1. The van der Waals surface area contributed by atoms with Crippen LogP contribution in [0.1, 0.15) is 28.3 Å². The molecule has 10 nitrogen and oxygen atoms in total. The normalized spacial score (nSPS) is 14.8. The van der Waals surface area contributed by atoms with Crippen LogP contribution in [0.2, 0.25) is 0 Å². The SMILES string of the molecule is COc1cc2c(cc1OC)C(c1cccc(Br)c1)N(Cc1c(O)cc(O)c3c(=O)c(O)c(-c4ccc(O)c(O)c4)oc13)CC2. The number of benzene rings is 4. The minimum absolute atomic E-state index is 0.0849. The summed E-state index contributed by atoms with van der Waals surface area (Å²) in [6.45, 7) is 0.629. The minimum Gasteiger partial charge on any atom is -0.507 e. The van der Waals surface area contributed by atoms with Crippen LogP contribution in [0, 0.1) is 0 Å². The zero-order valence-electron chi connectivity index (χ0n) is 23.7. The maximum Gasteiger partial charge on any atom is 0.238 e. The van der Waals surface area contributed by atoms with Crippen LogP contribution in [0.4, 0.5) is 0 Å². The van der Waals surface area contributed by atoms with Crippen molar-refractivity contribution < 1.29 is 39.4 Å². The quantitative estimate of drug-likeness (QED) is 0.139. The van der Waals surface area contributed by atoms with Crippen molar-refractivity contribution in [2.75, 3.05) is 20.8 Å². The van der Waals surface area contributed by atoms with E-state index in [2.05, 4.69) is 20.8 Å². The molecule has 44 heavy (non-hydrogen) atoms. The van der Waals surface area contributed by atoms with Gasteiger partial charge >= 0.3 is 0 Å². The van der Waals surface area contributed by atoms with Crippen LogP contribution >= 0.6 is 15.9 Å². The lowest BCUT2D eigenvalue weighted by Gasteiger charge is -2.38. The average Bonchev–Trinajstić information content (AvgIpc) is 3.00. The molecule has 0 aliphatic carbocycles. The van der Waals surface area contributed by atoms with Crippen LogP contribution in [0.15, 0.2) is 74.3 Å². The first-order valence-corrected chi connectivity index (χ1v) is 14.4. The third-order valence-electron chi connectivity index (χ3n) is 7.94. The lowest BCUT2D eigenvalue weighted by atomic mass is 9.87. The molecule has 5 aromatic rings. The number of halogens is 1. The lowest BCUT2D eigenvalue weighted by molar-refractivity contribution is 0.201. The van der Waals surface area contributed by atoms with Gasteiger partial charge in [-0.25, -0.2) is 0 Å². The molecule has 0 amide bonds. The lowest BCUT2D eigenvalue weighted by Crippen LogP contribution is -2.36. The molecule has 226 valence electrons. The smallest absolute Gasteiger partial charge is 0.238 e. The summed E-state index contributed by atoms with van der Waals surface area (Å²) in [5.74, 6) is -1.67. The Morgan fingerprint density at radius 1 is 0.886 bits per heavy atom. The van der Waals surface area contributed by atoms with Crippen LogP contribution in [0.25, 0.3) is 22.3 Å². The molecule has 5 N–H and O–H groups in total. The monoisotopic (exact) mass is 661 g/mol. The highest BCUT2D eigenvalue weighted by molar-refractivity contribution is 9.10. The van der Waals surface area contributed by atoms with Gasteiger partial charge < -0.3 is 39.4 Å². The number of rotatable bonds is 6. The first-order valence-electron chi connectivity index (χ1n) is 13.6. The maximum absolute atomic E-state index is 13.4. The summed E-state index contributed by atoms with van der Waals surface area (Å²) in [6, 6.07) is 16.2. The molecule has 2 heterocycles. The highest BCUT2D eigenvalue weighted by Gasteiger charge is 2.33. The van der Waals surface area contributed by atoms with Gasteiger partial charge in [-0.1, -0.05) is 28.1 Å². The zero-order valence-corrected chi connectivity index (χ0v) is 25.3. The Kier molecular flexibility index (Phi) is 7.52. The van der Waals surface area contributed by atoms with Crippen molar-refractivity contribution in [1.29, 1.82) is 0 Å². The predicted octanol–water partition coefficient (Wildman–Crippen LogP) is 5.92. The fourth-order valence-corrected chi connectivity index (χ4v) is 6.24. The number of ether oxygens (including phenoxy) is 2. The number of methoxy groups -OCH3 is 2. The Balaban J connectivity index is 1.54. The molecule has 0 saturated heterocycles. The molecule has 0 fully saturated rings. The molecule has 0 bridgehead atoms. The predicted molar refractivity (Wildman–Crippen MR) is 166 cm³/mol. The van der Waals surface area contributed by atoms with Gasteiger partial charge in [0.2, 0.25) is 11.2 Å². The molecule has 0 radical (unpaired) electrons. The highest BCUT2D eigenvalue weighted by Crippen LogP contribution is 2.45. The van der Waals surface area contributed by atoms with Gasteiger partial charge in [-0.05, 0) is 65.6 Å². The Hall–Kier alpha value is -4.87. The number of hydrogen-bond donors (Lipinski definition) is 5. The summed E-state index contributed by atoms with van der Waals surface area (Å²) in [5, 5.41) is 52.1. The van der Waals surface area contributed by atoms with Gasteiger partial charge in [0.05, 0.1) is 25.8 Å². The Morgan fingerprint density at radius 2 is 1.64 bits per heavy atom. The topological polar surface area (TPSA) is 153 Å². The summed E-state index contributed by atoms with van der Waals surface area (Å²) < 4.78 is 18.1. The van der Waals surface area contributed by atoms with E-state index in [1.807, 2.05) is 36.4 Å². The summed E-state index contributed by atoms with van der Waals surface area (Å²) >= 11 is 3.58. The van der Waals surface area contributed by atoms with Crippen molar-refractivity contribution in [2.45, 2.75) is 19.0 Å². The van der Waals surface area contributed by atoms with Crippen molar-refractivity contribution in [3.05, 3.63) is 97.6 Å². The molecule has 4 aromatic carbocycles. The number of aromatic hydroxyl groups is 5. The zero-order chi connectivity index (χ0) is 31.3. The third-order valence-corrected chi connectivity index (χ3v) is 8.43. The van der Waals surface area contributed by atoms with Crippen LogP contribution in [0.3, 0.4) is 0 Å². The van der Waals surface area contributed by atoms with E-state index in [1.165, 1.54) is 12.1 Å². The second-order valence-electron chi connectivity index (χ2n) is 10.5. The fourth-order valence-electron chi connectivity index (χ4n) is 5.83. The molecule has 1 unspecified atom stereocenters. The molecular formula is C33H28BrNO9. The van der Waals surface area contributed by atoms with Crippen LogP contribution in [0.5, 0.6) is 40.2 Å². The second kappa shape index (κ2) is 11.3. The third kappa shape index (κ3) is 4.93. The standard InChI is InChI=1S/C33H28BrNO9/c1-42-26-12-16-8-9-35(29(20(16)13-27(26)43-2)17-4-3-5-19(34)10-17)15-21-23(37)14-25(39)28-30(40)31(41)32(44-33(21)28)18-6-7-22(36)24(38)11-18/h3-7,10-14,29,36-39,41H,8-9,15H2,1-2H3. The summed E-state index contributed by atoms with van der Waals surface area (Å²) in [6.07, 6.45) is 0.639. The van der Waals surface area contributed by atoms with E-state index in [1.54, 1.807) is 14.2 Å². The molecule has 1 aromatic heterocycles. The summed E-state index contributed by atoms with van der Waals surface area (Å²) in [4.78, 5) is 15.5. The molecule has 6 rings (SSSR count). The van der Waals surface area contributed by atoms with E-state index in [4.69, 9.17) is 13.9 Å². The van der Waals surface area contributed by atoms with Crippen LogP contribution in [-0.2, 0) is 13.0 Å². The first kappa shape index (κ1) is 29.2. The number of nitrogens with zero attached hydrogens (tertiary/aromatic N) is 1. The van der Waals surface area contributed by atoms with E-state index in [-0.39, 0.29) is 46.2 Å². The van der Waals surface area contributed by atoms with E-state index in [0.29, 0.717) is 24.5 Å². The maximum atomic E-state index is 13.4. The largest absolute Gasteiger partial charge is 0.507 e. The van der Waals surface area contributed by atoms with Crippen LogP contribution in [-0.4, -0.2) is 51.2 Å². The van der Waals surface area contributed by atoms with Crippen molar-refractivity contribution in [1.82, 2.24) is 4.90 Å². The molecular weight excluding hydrogens is 634 g/mol. The van der Waals surface area contributed by atoms with E-state index in [0.717, 1.165) is 33.3 Å². The van der Waals surface area contributed by atoms with Crippen LogP contribution < -0.4 is 14.9 Å².